The van der Waals surface area contributed by atoms with Gasteiger partial charge in [-0.15, -0.1) is 12.4 Å². The molecule has 26 heteroatoms. The largest absolute Gasteiger partial charge is 0.512 e. The summed E-state index contributed by atoms with van der Waals surface area (Å²) in [4.78, 5) is 85.2. The zero-order valence-electron chi connectivity index (χ0n) is 57.5. The molecule has 17 rings (SSSR count). The van der Waals surface area contributed by atoms with Crippen LogP contribution >= 0.6 is 55.9 Å². The third-order valence-corrected chi connectivity index (χ3v) is 21.7. The van der Waals surface area contributed by atoms with Gasteiger partial charge in [-0.25, -0.2) is 15.0 Å². The van der Waals surface area contributed by atoms with E-state index in [0.717, 1.165) is 113 Å². The Labute approximate surface area is 594 Å². The third-order valence-electron chi connectivity index (χ3n) is 20.2. The van der Waals surface area contributed by atoms with Crippen LogP contribution in [0.25, 0.3) is 44.0 Å². The van der Waals surface area contributed by atoms with Crippen LogP contribution < -0.4 is 49.3 Å². The molecule has 0 unspecified atom stereocenters. The van der Waals surface area contributed by atoms with Crippen molar-refractivity contribution in [1.29, 1.82) is 0 Å². The summed E-state index contributed by atoms with van der Waals surface area (Å²) in [5.41, 5.74) is 12.8. The summed E-state index contributed by atoms with van der Waals surface area (Å²) in [6, 6.07) is 21.3. The number of hydrogen-bond acceptors (Lipinski definition) is 14. The molecule has 2 amide bonds. The van der Waals surface area contributed by atoms with E-state index in [1.165, 1.54) is 32.5 Å². The monoisotopic (exact) mass is 1490 g/mol. The van der Waals surface area contributed by atoms with Crippen molar-refractivity contribution in [3.05, 3.63) is 135 Å². The van der Waals surface area contributed by atoms with Crippen LogP contribution in [0.5, 0.6) is 0 Å². The quantitative estimate of drug-likeness (QED) is 0.0443. The summed E-state index contributed by atoms with van der Waals surface area (Å²) in [6.07, 6.45) is 13.1. The van der Waals surface area contributed by atoms with Gasteiger partial charge in [-0.3, -0.25) is 37.7 Å². The first-order valence-corrected chi connectivity index (χ1v) is 36.1. The first-order valence-electron chi connectivity index (χ1n) is 34.1. The average Bonchev–Trinajstić information content (AvgIpc) is 1.18. The van der Waals surface area contributed by atoms with Crippen LogP contribution in [0, 0.1) is 0 Å². The predicted octanol–water partition coefficient (Wildman–Crippen LogP) is 13.5. The van der Waals surface area contributed by atoms with Crippen molar-refractivity contribution in [2.45, 2.75) is 218 Å². The molecule has 21 nitrogen and oxygen atoms in total. The molecular weight excluding hydrogens is 1400 g/mol. The zero-order valence-corrected chi connectivity index (χ0v) is 62.3. The Morgan fingerprint density at radius 2 is 0.969 bits per heavy atom. The highest BCUT2D eigenvalue weighted by molar-refractivity contribution is 9.11. The number of halogens is 4. The van der Waals surface area contributed by atoms with Gasteiger partial charge in [-0.1, -0.05) is 45.0 Å². The minimum atomic E-state index is -0.449. The number of aromatic nitrogens is 8. The minimum Gasteiger partial charge on any atom is -0.398 e. The molecule has 518 valence electrons. The molecule has 3 aromatic carbocycles. The van der Waals surface area contributed by atoms with Crippen molar-refractivity contribution in [2.75, 3.05) is 30.3 Å². The number of hydrogen-bond donors (Lipinski definition) is 7. The maximum Gasteiger partial charge on any atom is 0.512 e. The SMILES string of the molecule is CC1(N)CC1.CC1(Nc2nc3c(Br)cccc3c(=O)n2C2CC2)CC1.CCN(CC)CC.C[C@H]1NC(=O)c2cc(-c3cccc4c(=O)n(C5CC5)c(NC5(C)CC5)nc34)[nH]c21.C[C@H]1NC(=O)c2cc(B3OC(C)(C)C(C)(C)O3)[nH]c21.Cl.O=c1c2cccc(Br)c2nc(Cl)n1C1CC1. The normalized spacial score (nSPS) is 20.9. The highest BCUT2D eigenvalue weighted by Gasteiger charge is 2.53. The van der Waals surface area contributed by atoms with Crippen LogP contribution in [0.3, 0.4) is 0 Å². The van der Waals surface area contributed by atoms with E-state index in [0.29, 0.717) is 50.3 Å². The van der Waals surface area contributed by atoms with Gasteiger partial charge in [0.2, 0.25) is 17.2 Å². The Bertz CT molecular complexity index is 4490. The van der Waals surface area contributed by atoms with E-state index >= 15 is 0 Å². The maximum atomic E-state index is 13.4. The number of carbonyl (C=O) groups excluding carboxylic acids is 2. The fraction of sp³-hybridized carbons (Fsp3) is 0.521. The van der Waals surface area contributed by atoms with E-state index in [2.05, 4.69) is 115 Å². The zero-order chi connectivity index (χ0) is 68.7. The molecule has 97 heavy (non-hydrogen) atoms. The lowest BCUT2D eigenvalue weighted by atomic mass is 9.85. The molecule has 6 aliphatic carbocycles. The molecule has 7 fully saturated rings. The van der Waals surface area contributed by atoms with Gasteiger partial charge >= 0.3 is 7.12 Å². The van der Waals surface area contributed by atoms with E-state index in [9.17, 15) is 24.0 Å². The molecule has 9 aliphatic rings. The van der Waals surface area contributed by atoms with E-state index in [-0.39, 0.29) is 98.2 Å². The first kappa shape index (κ1) is 71.9. The number of carbonyl (C=O) groups is 2. The number of aromatic amines is 2. The van der Waals surface area contributed by atoms with Gasteiger partial charge in [0.15, 0.2) is 0 Å². The minimum absolute atomic E-state index is 0. The number of H-pyrrole nitrogens is 2. The maximum absolute atomic E-state index is 13.4. The lowest BCUT2D eigenvalue weighted by molar-refractivity contribution is 0.00578. The summed E-state index contributed by atoms with van der Waals surface area (Å²) in [5, 5.41) is 15.0. The second-order valence-corrected chi connectivity index (χ2v) is 31.2. The summed E-state index contributed by atoms with van der Waals surface area (Å²) in [6.45, 7) is 28.5. The van der Waals surface area contributed by atoms with E-state index < -0.39 is 7.12 Å². The second kappa shape index (κ2) is 27.6. The summed E-state index contributed by atoms with van der Waals surface area (Å²) < 4.78 is 18.9. The van der Waals surface area contributed by atoms with Crippen LogP contribution in [0.4, 0.5) is 11.9 Å². The highest BCUT2D eigenvalue weighted by Crippen LogP contribution is 2.44. The van der Waals surface area contributed by atoms with Crippen molar-refractivity contribution in [2.24, 2.45) is 5.73 Å². The van der Waals surface area contributed by atoms with Crippen LogP contribution in [0.1, 0.15) is 222 Å². The first-order chi connectivity index (χ1) is 45.5. The number of amides is 2. The number of benzene rings is 3. The van der Waals surface area contributed by atoms with E-state index in [1.807, 2.05) is 111 Å². The molecule has 0 radical (unpaired) electrons. The van der Waals surface area contributed by atoms with Crippen molar-refractivity contribution in [1.82, 2.24) is 54.2 Å². The van der Waals surface area contributed by atoms with Crippen LogP contribution in [-0.2, 0) is 9.31 Å². The lowest BCUT2D eigenvalue weighted by Gasteiger charge is -2.32. The van der Waals surface area contributed by atoms with Crippen molar-refractivity contribution < 1.29 is 18.9 Å². The van der Waals surface area contributed by atoms with Gasteiger partial charge in [0.1, 0.15) is 0 Å². The Hall–Kier alpha value is -6.38. The van der Waals surface area contributed by atoms with Crippen molar-refractivity contribution in [3.63, 3.8) is 0 Å². The number of nitrogens with zero attached hydrogens (tertiary/aromatic N) is 7. The van der Waals surface area contributed by atoms with Crippen LogP contribution in [0.2, 0.25) is 5.28 Å². The molecular formula is C71H91BBr2Cl2N14O7. The Kier molecular flexibility index (Phi) is 20.5. The molecule has 5 aromatic heterocycles. The summed E-state index contributed by atoms with van der Waals surface area (Å²) in [5.74, 6) is 1.30. The number of nitrogens with one attached hydrogen (secondary N) is 6. The lowest BCUT2D eigenvalue weighted by Crippen LogP contribution is -2.41. The Morgan fingerprint density at radius 3 is 1.37 bits per heavy atom. The summed E-state index contributed by atoms with van der Waals surface area (Å²) >= 11 is 12.9. The van der Waals surface area contributed by atoms with Gasteiger partial charge in [0, 0.05) is 66.2 Å². The molecule has 1 saturated heterocycles. The Balaban J connectivity index is 0.000000126. The average molecular weight is 1490 g/mol. The van der Waals surface area contributed by atoms with E-state index in [4.69, 9.17) is 36.6 Å². The fourth-order valence-electron chi connectivity index (χ4n) is 11.9. The number of rotatable bonds is 12. The van der Waals surface area contributed by atoms with Gasteiger partial charge in [0.05, 0.1) is 72.8 Å². The number of fused-ring (bicyclic) bond motifs is 5. The van der Waals surface area contributed by atoms with Gasteiger partial charge < -0.3 is 51.2 Å². The molecule has 3 aliphatic heterocycles. The number of nitrogens with two attached hydrogens (primary N) is 1. The molecule has 8 N–H and O–H groups in total. The fourth-order valence-corrected chi connectivity index (χ4v) is 13.2. The molecule has 0 spiro atoms. The van der Waals surface area contributed by atoms with Gasteiger partial charge in [-0.05, 0) is 245 Å². The van der Waals surface area contributed by atoms with Crippen LogP contribution in [-0.4, -0.2) is 110 Å². The van der Waals surface area contributed by atoms with Crippen molar-refractivity contribution in [3.8, 4) is 11.3 Å². The molecule has 2 atom stereocenters. The second-order valence-electron chi connectivity index (χ2n) is 29.1. The standard InChI is InChI=1S/C22H23N5O2.C15H16BrN3O.C13H19BN2O3.C11H8BrClN2O.C6H15N.C4H9N.ClH/c1-11-17-15(19(28)23-11)10-16(24-17)13-4-3-5-14-18(13)25-21(26-22(2)8-9-22)27(20(14)29)12-6-7-12;1-15(7-8-15)18-14-17-12-10(3-2-4-11(12)16)13(20)19(14)9-5-6-9;1-7-10-8(11(17)15-7)6-9(16-10)14-18-12(2,3)13(4,5)19-14;12-8-3-1-2-7-9(8)14-11(13)15(10(7)16)6-4-5-6;1-4-7(5-2)6-3;1-4(5)2-3-4;/h3-5,10-12,24H,6-9H2,1-2H3,(H,23,28)(H,25,26);2-4,9H,5-8H2,1H3,(H,17,18);6-7,16H,1-5H3,(H,15,17);1-3,6H,4-5H2;4-6H2,1-3H3;2-3,5H2,1H3;1H/t11-;;7-;;;;/m1.1..../s1. The Morgan fingerprint density at radius 1 is 0.577 bits per heavy atom. The van der Waals surface area contributed by atoms with Crippen molar-refractivity contribution >= 4 is 125 Å². The topological polar surface area (TPSA) is 266 Å². The smallest absolute Gasteiger partial charge is 0.398 e. The highest BCUT2D eigenvalue weighted by atomic mass is 79.9. The van der Waals surface area contributed by atoms with Crippen LogP contribution in [0.15, 0.2) is 90.1 Å². The molecule has 8 aromatic rings. The third kappa shape index (κ3) is 15.5. The number of anilines is 2. The van der Waals surface area contributed by atoms with E-state index in [1.54, 1.807) is 10.6 Å². The molecule has 8 heterocycles. The predicted molar refractivity (Wildman–Crippen MR) is 396 cm³/mol. The molecule has 6 saturated carbocycles. The number of para-hydroxylation sites is 3. The summed E-state index contributed by atoms with van der Waals surface area (Å²) in [7, 11) is -0.449. The van der Waals surface area contributed by atoms with Gasteiger partial charge in [-0.2, -0.15) is 0 Å². The van der Waals surface area contributed by atoms with Gasteiger partial charge in [0.25, 0.3) is 28.5 Å². The molecule has 0 bridgehead atoms.